The van der Waals surface area contributed by atoms with Gasteiger partial charge < -0.3 is 14.8 Å². The van der Waals surface area contributed by atoms with Crippen LogP contribution in [0.2, 0.25) is 0 Å². The van der Waals surface area contributed by atoms with Gasteiger partial charge in [0, 0.05) is 30.2 Å². The molecule has 0 N–H and O–H groups in total. The molecule has 0 bridgehead atoms. The summed E-state index contributed by atoms with van der Waals surface area (Å²) >= 11 is 0. The predicted octanol–water partition coefficient (Wildman–Crippen LogP) is 0.203. The number of carbonyl (C=O) groups is 1. The molecule has 0 unspecified atom stereocenters. The highest BCUT2D eigenvalue weighted by Gasteiger charge is 2.15. The zero-order valence-electron chi connectivity index (χ0n) is 9.09. The lowest BCUT2D eigenvalue weighted by Gasteiger charge is -2.31. The third-order valence-corrected chi connectivity index (χ3v) is 2.94. The van der Waals surface area contributed by atoms with E-state index in [4.69, 9.17) is 0 Å². The Morgan fingerprint density at radius 1 is 1.35 bits per heavy atom. The fourth-order valence-electron chi connectivity index (χ4n) is 1.83. The number of aromatic nitrogens is 2. The Balaban J connectivity index is 2.05. The van der Waals surface area contributed by atoms with Crippen molar-refractivity contribution in [2.45, 2.75) is 6.42 Å². The molecule has 0 amide bonds. The Kier molecular flexibility index (Phi) is 2.18. The molecule has 0 aromatic carbocycles. The molecule has 1 saturated heterocycles. The van der Waals surface area contributed by atoms with Crippen LogP contribution in [0.25, 0.3) is 11.0 Å². The van der Waals surface area contributed by atoms with Gasteiger partial charge in [-0.1, -0.05) is 0 Å². The molecule has 0 spiro atoms. The van der Waals surface area contributed by atoms with E-state index < -0.39 is 5.97 Å². The summed E-state index contributed by atoms with van der Waals surface area (Å²) in [6, 6.07) is 5.27. The van der Waals surface area contributed by atoms with Gasteiger partial charge in [0.2, 0.25) is 0 Å². The molecule has 86 valence electrons. The van der Waals surface area contributed by atoms with Crippen molar-refractivity contribution in [1.82, 2.24) is 9.97 Å². The van der Waals surface area contributed by atoms with Crippen LogP contribution in [0.4, 0.5) is 5.82 Å². The highest BCUT2D eigenvalue weighted by Crippen LogP contribution is 2.21. The minimum atomic E-state index is -1.22. The number of fused-ring (bicyclic) bond motifs is 1. The Labute approximate surface area is 97.7 Å². The molecule has 2 aromatic rings. The van der Waals surface area contributed by atoms with E-state index in [-0.39, 0.29) is 5.56 Å². The maximum absolute atomic E-state index is 10.7. The van der Waals surface area contributed by atoms with Crippen molar-refractivity contribution in [3.05, 3.63) is 30.0 Å². The second kappa shape index (κ2) is 3.69. The summed E-state index contributed by atoms with van der Waals surface area (Å²) in [7, 11) is 0. The fraction of sp³-hybridized carbons (Fsp3) is 0.250. The van der Waals surface area contributed by atoms with E-state index in [9.17, 15) is 9.90 Å². The number of rotatable bonds is 2. The van der Waals surface area contributed by atoms with Gasteiger partial charge in [-0.25, -0.2) is 9.97 Å². The van der Waals surface area contributed by atoms with Crippen molar-refractivity contribution < 1.29 is 9.90 Å². The first kappa shape index (κ1) is 10.0. The lowest BCUT2D eigenvalue weighted by Crippen LogP contribution is -2.37. The zero-order valence-corrected chi connectivity index (χ0v) is 9.09. The van der Waals surface area contributed by atoms with E-state index in [1.807, 2.05) is 12.1 Å². The van der Waals surface area contributed by atoms with Gasteiger partial charge in [0.25, 0.3) is 0 Å². The molecule has 5 nitrogen and oxygen atoms in total. The largest absolute Gasteiger partial charge is 0.545 e. The summed E-state index contributed by atoms with van der Waals surface area (Å²) in [5, 5.41) is 11.4. The highest BCUT2D eigenvalue weighted by molar-refractivity contribution is 5.90. The Morgan fingerprint density at radius 2 is 2.18 bits per heavy atom. The van der Waals surface area contributed by atoms with Crippen LogP contribution in [0.1, 0.15) is 16.8 Å². The molecule has 1 fully saturated rings. The van der Waals surface area contributed by atoms with E-state index in [0.29, 0.717) is 5.65 Å². The number of anilines is 1. The topological polar surface area (TPSA) is 69.1 Å². The molecule has 0 atom stereocenters. The SMILES string of the molecule is O=C([O-])c1cnc2nc(N3CCC3)ccc2c1. The molecule has 2 aromatic heterocycles. The number of carbonyl (C=O) groups excluding carboxylic acids is 1. The molecule has 0 aliphatic carbocycles. The zero-order chi connectivity index (χ0) is 11.8. The number of hydrogen-bond acceptors (Lipinski definition) is 5. The predicted molar refractivity (Wildman–Crippen MR) is 60.7 cm³/mol. The molecule has 3 rings (SSSR count). The summed E-state index contributed by atoms with van der Waals surface area (Å²) in [6.45, 7) is 2.05. The molecule has 1 aliphatic heterocycles. The van der Waals surface area contributed by atoms with Crippen molar-refractivity contribution in [2.75, 3.05) is 18.0 Å². The first-order valence-corrected chi connectivity index (χ1v) is 5.47. The van der Waals surface area contributed by atoms with E-state index in [0.717, 1.165) is 24.3 Å². The fourth-order valence-corrected chi connectivity index (χ4v) is 1.83. The smallest absolute Gasteiger partial charge is 0.161 e. The number of pyridine rings is 2. The summed E-state index contributed by atoms with van der Waals surface area (Å²) in [6.07, 6.45) is 2.47. The molecular weight excluding hydrogens is 218 g/mol. The van der Waals surface area contributed by atoms with Crippen LogP contribution >= 0.6 is 0 Å². The normalized spacial score (nSPS) is 14.7. The minimum Gasteiger partial charge on any atom is -0.545 e. The monoisotopic (exact) mass is 228 g/mol. The Bertz CT molecular complexity index is 593. The molecule has 3 heterocycles. The van der Waals surface area contributed by atoms with Gasteiger partial charge in [-0.3, -0.25) is 0 Å². The number of hydrogen-bond donors (Lipinski definition) is 0. The first-order chi connectivity index (χ1) is 8.24. The van der Waals surface area contributed by atoms with Gasteiger partial charge in [-0.2, -0.15) is 0 Å². The van der Waals surface area contributed by atoms with Gasteiger partial charge in [0.05, 0.1) is 5.97 Å². The van der Waals surface area contributed by atoms with Crippen molar-refractivity contribution in [3.63, 3.8) is 0 Å². The molecular formula is C12H10N3O2-. The summed E-state index contributed by atoms with van der Waals surface area (Å²) in [5.41, 5.74) is 0.649. The molecule has 17 heavy (non-hydrogen) atoms. The van der Waals surface area contributed by atoms with Crippen LogP contribution in [-0.4, -0.2) is 29.0 Å². The van der Waals surface area contributed by atoms with E-state index in [2.05, 4.69) is 14.9 Å². The first-order valence-electron chi connectivity index (χ1n) is 5.47. The van der Waals surface area contributed by atoms with Gasteiger partial charge in [0.1, 0.15) is 5.82 Å². The van der Waals surface area contributed by atoms with Crippen molar-refractivity contribution in [3.8, 4) is 0 Å². The van der Waals surface area contributed by atoms with E-state index in [1.165, 1.54) is 18.7 Å². The Hall–Kier alpha value is -2.17. The van der Waals surface area contributed by atoms with Crippen molar-refractivity contribution >= 4 is 22.8 Å². The van der Waals surface area contributed by atoms with Crippen LogP contribution in [0.5, 0.6) is 0 Å². The molecule has 5 heteroatoms. The van der Waals surface area contributed by atoms with Crippen molar-refractivity contribution in [2.24, 2.45) is 0 Å². The number of nitrogens with zero attached hydrogens (tertiary/aromatic N) is 3. The van der Waals surface area contributed by atoms with Crippen LogP contribution in [0.3, 0.4) is 0 Å². The standard InChI is InChI=1S/C12H11N3O2/c16-12(17)9-6-8-2-3-10(15-4-1-5-15)14-11(8)13-7-9/h2-3,6-7H,1,4-5H2,(H,16,17)/p-1. The van der Waals surface area contributed by atoms with Crippen LogP contribution in [0, 0.1) is 0 Å². The van der Waals surface area contributed by atoms with E-state index in [1.54, 1.807) is 0 Å². The maximum Gasteiger partial charge on any atom is 0.161 e. The van der Waals surface area contributed by atoms with Gasteiger partial charge in [-0.15, -0.1) is 0 Å². The quantitative estimate of drug-likeness (QED) is 0.734. The second-order valence-corrected chi connectivity index (χ2v) is 4.07. The molecule has 0 saturated carbocycles. The summed E-state index contributed by atoms with van der Waals surface area (Å²) < 4.78 is 0. The van der Waals surface area contributed by atoms with Crippen LogP contribution in [-0.2, 0) is 0 Å². The number of carboxylic acid groups (broad SMARTS) is 1. The second-order valence-electron chi connectivity index (χ2n) is 4.07. The third-order valence-electron chi connectivity index (χ3n) is 2.94. The number of aromatic carboxylic acids is 1. The maximum atomic E-state index is 10.7. The Morgan fingerprint density at radius 3 is 2.82 bits per heavy atom. The number of carboxylic acids is 1. The minimum absolute atomic E-state index is 0.0796. The van der Waals surface area contributed by atoms with Crippen molar-refractivity contribution in [1.29, 1.82) is 0 Å². The van der Waals surface area contributed by atoms with Gasteiger partial charge >= 0.3 is 0 Å². The lowest BCUT2D eigenvalue weighted by molar-refractivity contribution is -0.255. The van der Waals surface area contributed by atoms with Crippen LogP contribution < -0.4 is 10.0 Å². The summed E-state index contributed by atoms with van der Waals surface area (Å²) in [4.78, 5) is 21.3. The molecule has 1 aliphatic rings. The molecule has 0 radical (unpaired) electrons. The van der Waals surface area contributed by atoms with E-state index >= 15 is 0 Å². The lowest BCUT2D eigenvalue weighted by atomic mass is 10.2. The van der Waals surface area contributed by atoms with Gasteiger partial charge in [0.15, 0.2) is 5.65 Å². The summed E-state index contributed by atoms with van der Waals surface area (Å²) in [5.74, 6) is -0.316. The van der Waals surface area contributed by atoms with Crippen LogP contribution in [0.15, 0.2) is 24.4 Å². The van der Waals surface area contributed by atoms with Gasteiger partial charge in [-0.05, 0) is 24.6 Å². The average molecular weight is 228 g/mol. The third kappa shape index (κ3) is 1.69. The average Bonchev–Trinajstić information content (AvgIpc) is 2.26. The highest BCUT2D eigenvalue weighted by atomic mass is 16.4.